The number of nitrogens with one attached hydrogen (secondary N) is 1. The Balaban J connectivity index is 2.02. The van der Waals surface area contributed by atoms with Gasteiger partial charge in [-0.2, -0.15) is 10.2 Å². The van der Waals surface area contributed by atoms with Gasteiger partial charge in [0, 0.05) is 17.2 Å². The van der Waals surface area contributed by atoms with E-state index in [2.05, 4.69) is 15.5 Å². The maximum atomic E-state index is 14.5. The molecule has 4 aromatic rings. The molecule has 2 N–H and O–H groups in total. The Hall–Kier alpha value is -4.37. The summed E-state index contributed by atoms with van der Waals surface area (Å²) in [6.45, 7) is 7.62. The van der Waals surface area contributed by atoms with Crippen LogP contribution in [-0.2, 0) is 26.4 Å². The molecular formula is C28H33FN6O7S. The molecule has 0 aliphatic rings. The average molecular weight is 617 g/mol. The number of nitrogens with zero attached hydrogens (tertiary/aromatic N) is 5. The number of halogens is 1. The molecule has 15 heteroatoms. The van der Waals surface area contributed by atoms with E-state index in [0.717, 1.165) is 15.9 Å². The van der Waals surface area contributed by atoms with Gasteiger partial charge in [0.2, 0.25) is 5.91 Å². The van der Waals surface area contributed by atoms with Crippen molar-refractivity contribution in [3.05, 3.63) is 68.4 Å². The minimum Gasteiger partial charge on any atom is -0.496 e. The fraction of sp³-hybridized carbons (Fsp3) is 0.429. The van der Waals surface area contributed by atoms with E-state index in [4.69, 9.17) is 9.47 Å². The van der Waals surface area contributed by atoms with Crippen LogP contribution in [0, 0.1) is 12.7 Å². The Morgan fingerprint density at radius 3 is 2.47 bits per heavy atom. The molecule has 0 bridgehead atoms. The van der Waals surface area contributed by atoms with E-state index >= 15 is 0 Å². The van der Waals surface area contributed by atoms with Crippen molar-refractivity contribution in [1.29, 1.82) is 0 Å². The molecule has 1 aromatic carbocycles. The first-order chi connectivity index (χ1) is 20.3. The minimum absolute atomic E-state index is 0.165. The van der Waals surface area contributed by atoms with Crippen LogP contribution in [0.25, 0.3) is 15.2 Å². The third kappa shape index (κ3) is 6.22. The van der Waals surface area contributed by atoms with E-state index in [-0.39, 0.29) is 47.1 Å². The quantitative estimate of drug-likeness (QED) is 0.244. The Morgan fingerprint density at radius 2 is 1.86 bits per heavy atom. The maximum absolute atomic E-state index is 14.5. The molecular weight excluding hydrogens is 583 g/mol. The fourth-order valence-corrected chi connectivity index (χ4v) is 5.91. The first-order valence-electron chi connectivity index (χ1n) is 13.4. The van der Waals surface area contributed by atoms with Crippen LogP contribution < -0.4 is 21.3 Å². The molecule has 0 saturated heterocycles. The fourth-order valence-electron chi connectivity index (χ4n) is 4.69. The molecule has 230 valence electrons. The molecule has 3 aromatic heterocycles. The van der Waals surface area contributed by atoms with Gasteiger partial charge in [0.1, 0.15) is 33.0 Å². The number of methoxy groups -OCH3 is 1. The average Bonchev–Trinajstić information content (AvgIpc) is 3.57. The van der Waals surface area contributed by atoms with Gasteiger partial charge in [-0.15, -0.1) is 4.80 Å². The van der Waals surface area contributed by atoms with Crippen molar-refractivity contribution in [2.45, 2.75) is 65.3 Å². The highest BCUT2D eigenvalue weighted by molar-refractivity contribution is 7.21. The van der Waals surface area contributed by atoms with E-state index in [1.54, 1.807) is 20.8 Å². The van der Waals surface area contributed by atoms with Crippen molar-refractivity contribution >= 4 is 33.4 Å². The molecule has 0 aliphatic carbocycles. The third-order valence-corrected chi connectivity index (χ3v) is 8.12. The van der Waals surface area contributed by atoms with Gasteiger partial charge in [-0.25, -0.2) is 13.8 Å². The van der Waals surface area contributed by atoms with Gasteiger partial charge in [-0.05, 0) is 52.8 Å². The molecule has 0 radical (unpaired) electrons. The largest absolute Gasteiger partial charge is 0.496 e. The molecule has 0 unspecified atom stereocenters. The van der Waals surface area contributed by atoms with Gasteiger partial charge < -0.3 is 19.9 Å². The molecule has 3 heterocycles. The number of aryl methyl sites for hydroxylation is 1. The highest BCUT2D eigenvalue weighted by Gasteiger charge is 2.36. The molecule has 13 nitrogen and oxygen atoms in total. The number of carboxylic acids is 1. The summed E-state index contributed by atoms with van der Waals surface area (Å²) >= 11 is 1.09. The van der Waals surface area contributed by atoms with Crippen LogP contribution in [0.15, 0.2) is 40.2 Å². The molecule has 1 atom stereocenters. The number of ether oxygens (including phenoxy) is 2. The first kappa shape index (κ1) is 31.6. The summed E-state index contributed by atoms with van der Waals surface area (Å²) in [7, 11) is 1.39. The summed E-state index contributed by atoms with van der Waals surface area (Å²) in [5, 5.41) is 20.9. The van der Waals surface area contributed by atoms with Gasteiger partial charge in [0.25, 0.3) is 5.56 Å². The predicted molar refractivity (Wildman–Crippen MR) is 156 cm³/mol. The molecule has 0 fully saturated rings. The van der Waals surface area contributed by atoms with Gasteiger partial charge in [-0.3, -0.25) is 19.0 Å². The molecule has 0 aliphatic heterocycles. The van der Waals surface area contributed by atoms with E-state index in [9.17, 15) is 28.7 Å². The molecule has 1 amide bonds. The first-order valence-corrected chi connectivity index (χ1v) is 14.2. The number of hydrogen-bond acceptors (Lipinski definition) is 9. The van der Waals surface area contributed by atoms with Gasteiger partial charge >= 0.3 is 11.7 Å². The van der Waals surface area contributed by atoms with Crippen molar-refractivity contribution in [3.63, 3.8) is 0 Å². The number of thiophene rings is 1. The SMILES string of the molecule is COc1ccc(F)cc1[C@H](Cn1c(=O)n(C(C)(C)C(=O)NC(C)C)c(=O)c2c(C)c(-n3nccn3)sc21)OCCC(=O)O. The monoisotopic (exact) mass is 616 g/mol. The number of rotatable bonds is 12. The number of aromatic nitrogens is 5. The van der Waals surface area contributed by atoms with Gasteiger partial charge in [-0.1, -0.05) is 11.3 Å². The standard InChI is InChI=1S/C28H33FN6O7S/c1-15(2)32-26(39)28(4,5)34-23(38)22-16(3)24(35-30-10-11-31-35)43-25(22)33(27(34)40)14-20(42-12-9-21(36)37)18-13-17(29)7-8-19(18)41-6/h7-8,10-11,13,15,20H,9,12,14H2,1-6H3,(H,32,39)(H,36,37)/t20-/m0/s1. The number of carbonyl (C=O) groups is 2. The van der Waals surface area contributed by atoms with Crippen LogP contribution in [0.2, 0.25) is 0 Å². The number of carboxylic acid groups (broad SMARTS) is 1. The van der Waals surface area contributed by atoms with Gasteiger partial charge in [0.05, 0.1) is 44.5 Å². The second kappa shape index (κ2) is 12.5. The number of carbonyl (C=O) groups excluding carboxylic acids is 1. The Labute approximate surface area is 249 Å². The minimum atomic E-state index is -1.62. The lowest BCUT2D eigenvalue weighted by Gasteiger charge is -2.28. The molecule has 4 rings (SSSR count). The summed E-state index contributed by atoms with van der Waals surface area (Å²) in [6.07, 6.45) is 1.50. The van der Waals surface area contributed by atoms with Crippen molar-refractivity contribution in [1.82, 2.24) is 29.4 Å². The predicted octanol–water partition coefficient (Wildman–Crippen LogP) is 2.75. The zero-order valence-electron chi connectivity index (χ0n) is 24.6. The number of fused-ring (bicyclic) bond motifs is 1. The summed E-state index contributed by atoms with van der Waals surface area (Å²) in [5.41, 5.74) is -2.41. The molecule has 0 saturated carbocycles. The second-order valence-corrected chi connectivity index (χ2v) is 11.6. The highest BCUT2D eigenvalue weighted by atomic mass is 32.1. The van der Waals surface area contributed by atoms with E-state index in [1.165, 1.54) is 60.9 Å². The van der Waals surface area contributed by atoms with Gasteiger partial charge in [0.15, 0.2) is 0 Å². The topological polar surface area (TPSA) is 160 Å². The Morgan fingerprint density at radius 1 is 1.19 bits per heavy atom. The summed E-state index contributed by atoms with van der Waals surface area (Å²) in [4.78, 5) is 54.5. The number of benzene rings is 1. The van der Waals surface area contributed by atoms with E-state index in [1.807, 2.05) is 0 Å². The lowest BCUT2D eigenvalue weighted by Crippen LogP contribution is -2.56. The smallest absolute Gasteiger partial charge is 0.333 e. The second-order valence-electron chi connectivity index (χ2n) is 10.6. The zero-order chi connectivity index (χ0) is 31.6. The summed E-state index contributed by atoms with van der Waals surface area (Å²) in [6, 6.07) is 3.51. The molecule has 43 heavy (non-hydrogen) atoms. The van der Waals surface area contributed by atoms with E-state index in [0.29, 0.717) is 10.6 Å². The summed E-state index contributed by atoms with van der Waals surface area (Å²) < 4.78 is 28.0. The maximum Gasteiger partial charge on any atom is 0.333 e. The lowest BCUT2D eigenvalue weighted by molar-refractivity contribution is -0.138. The van der Waals surface area contributed by atoms with Crippen LogP contribution in [0.1, 0.15) is 51.3 Å². The van der Waals surface area contributed by atoms with Crippen molar-refractivity contribution in [3.8, 4) is 10.8 Å². The van der Waals surface area contributed by atoms with Crippen LogP contribution in [0.5, 0.6) is 5.75 Å². The highest BCUT2D eigenvalue weighted by Crippen LogP contribution is 2.34. The van der Waals surface area contributed by atoms with Crippen LogP contribution >= 0.6 is 11.3 Å². The van der Waals surface area contributed by atoms with Crippen LogP contribution in [0.4, 0.5) is 4.39 Å². The summed E-state index contributed by atoms with van der Waals surface area (Å²) in [5.74, 6) is -2.01. The van der Waals surface area contributed by atoms with Crippen LogP contribution in [0.3, 0.4) is 0 Å². The Kier molecular flexibility index (Phi) is 9.15. The number of amides is 1. The van der Waals surface area contributed by atoms with Crippen molar-refractivity contribution in [2.24, 2.45) is 0 Å². The third-order valence-electron chi connectivity index (χ3n) is 6.84. The zero-order valence-corrected chi connectivity index (χ0v) is 25.4. The van der Waals surface area contributed by atoms with E-state index < -0.39 is 40.6 Å². The molecule has 0 spiro atoms. The van der Waals surface area contributed by atoms with Crippen LogP contribution in [-0.4, -0.2) is 60.9 Å². The lowest BCUT2D eigenvalue weighted by atomic mass is 10.0. The number of aliphatic carboxylic acids is 1. The normalized spacial score (nSPS) is 12.6. The Bertz CT molecular complexity index is 1770. The van der Waals surface area contributed by atoms with Crippen molar-refractivity contribution in [2.75, 3.05) is 13.7 Å². The van der Waals surface area contributed by atoms with Crippen molar-refractivity contribution < 1.29 is 28.6 Å². The number of hydrogen-bond donors (Lipinski definition) is 2.